The van der Waals surface area contributed by atoms with Crippen LogP contribution < -0.4 is 0 Å². The summed E-state index contributed by atoms with van der Waals surface area (Å²) in [5.41, 5.74) is 17.0. The van der Waals surface area contributed by atoms with Crippen molar-refractivity contribution < 1.29 is 0 Å². The molecule has 0 saturated heterocycles. The highest BCUT2D eigenvalue weighted by atomic mass is 14.2. The maximum absolute atomic E-state index is 2.42. The van der Waals surface area contributed by atoms with Crippen LogP contribution in [0.4, 0.5) is 0 Å². The molecule has 0 spiro atoms. The Kier molecular flexibility index (Phi) is 5.69. The van der Waals surface area contributed by atoms with Crippen LogP contribution >= 0.6 is 0 Å². The van der Waals surface area contributed by atoms with Crippen molar-refractivity contribution in [3.05, 3.63) is 93.0 Å². The summed E-state index contributed by atoms with van der Waals surface area (Å²) in [5, 5.41) is 0. The Hall–Kier alpha value is -2.60. The molecular weight excluding hydrogens is 372 g/mol. The van der Waals surface area contributed by atoms with Crippen LogP contribution in [0.3, 0.4) is 0 Å². The van der Waals surface area contributed by atoms with E-state index in [-0.39, 0.29) is 0 Å². The van der Waals surface area contributed by atoms with E-state index in [9.17, 15) is 0 Å². The smallest absolute Gasteiger partial charge is 0.00130 e. The molecular formula is C31H36. The summed E-state index contributed by atoms with van der Waals surface area (Å²) in [7, 11) is 0. The van der Waals surface area contributed by atoms with Crippen LogP contribution in [0.15, 0.2) is 48.5 Å². The Morgan fingerprint density at radius 1 is 0.516 bits per heavy atom. The lowest BCUT2D eigenvalue weighted by Crippen LogP contribution is -1.90. The number of hydrogen-bond donors (Lipinski definition) is 0. The van der Waals surface area contributed by atoms with Crippen molar-refractivity contribution in [3.63, 3.8) is 0 Å². The largest absolute Gasteiger partial charge is 0.0587 e. The van der Waals surface area contributed by atoms with E-state index in [1.54, 1.807) is 0 Å². The van der Waals surface area contributed by atoms with Gasteiger partial charge in [0.05, 0.1) is 0 Å². The van der Waals surface area contributed by atoms with Crippen molar-refractivity contribution in [1.29, 1.82) is 0 Å². The Balaban J connectivity index is 1.85. The van der Waals surface area contributed by atoms with Crippen LogP contribution in [-0.2, 0) is 6.42 Å². The molecule has 0 saturated carbocycles. The van der Waals surface area contributed by atoms with E-state index in [2.05, 4.69) is 104 Å². The first-order valence-corrected chi connectivity index (χ1v) is 11.7. The van der Waals surface area contributed by atoms with Gasteiger partial charge in [-0.15, -0.1) is 0 Å². The molecule has 0 atom stereocenters. The van der Waals surface area contributed by atoms with Crippen molar-refractivity contribution in [2.75, 3.05) is 0 Å². The monoisotopic (exact) mass is 408 g/mol. The van der Waals surface area contributed by atoms with Gasteiger partial charge in [-0.05, 0) is 113 Å². The third-order valence-electron chi connectivity index (χ3n) is 6.99. The number of fused-ring (bicyclic) bond motifs is 2. The summed E-state index contributed by atoms with van der Waals surface area (Å²) >= 11 is 0. The lowest BCUT2D eigenvalue weighted by molar-refractivity contribution is 0.868. The minimum Gasteiger partial charge on any atom is -0.0587 e. The second-order valence-corrected chi connectivity index (χ2v) is 10.1. The molecule has 0 aromatic rings. The fourth-order valence-electron chi connectivity index (χ4n) is 5.11. The molecule has 0 nitrogen and oxygen atoms in total. The van der Waals surface area contributed by atoms with Gasteiger partial charge in [-0.3, -0.25) is 0 Å². The van der Waals surface area contributed by atoms with Crippen LogP contribution in [0.5, 0.6) is 0 Å². The van der Waals surface area contributed by atoms with Crippen molar-refractivity contribution in [2.24, 2.45) is 0 Å². The quantitative estimate of drug-likeness (QED) is 0.316. The normalized spacial score (nSPS) is 11.9. The summed E-state index contributed by atoms with van der Waals surface area (Å²) in [6.45, 7) is 18.2. The van der Waals surface area contributed by atoms with Crippen LogP contribution in [0.1, 0.15) is 84.0 Å². The molecule has 0 unspecified atom stereocenters. The number of rotatable bonds is 4. The highest BCUT2D eigenvalue weighted by Gasteiger charge is 2.21. The van der Waals surface area contributed by atoms with E-state index in [1.165, 1.54) is 66.8 Å². The van der Waals surface area contributed by atoms with Gasteiger partial charge >= 0.3 is 0 Å². The van der Waals surface area contributed by atoms with Gasteiger partial charge in [0.1, 0.15) is 0 Å². The van der Waals surface area contributed by atoms with Crippen molar-refractivity contribution in [1.82, 2.24) is 0 Å². The molecule has 0 bridgehead atoms. The number of aryl methyl sites for hydroxylation is 4. The molecule has 0 aromatic heterocycles. The maximum atomic E-state index is 2.42. The van der Waals surface area contributed by atoms with Crippen LogP contribution in [0.25, 0.3) is 22.3 Å². The first-order chi connectivity index (χ1) is 14.7. The molecule has 4 aliphatic rings. The van der Waals surface area contributed by atoms with E-state index >= 15 is 0 Å². The fraction of sp³-hybridized carbons (Fsp3) is 0.355. The molecule has 160 valence electrons. The van der Waals surface area contributed by atoms with Crippen LogP contribution in [-0.4, -0.2) is 0 Å². The van der Waals surface area contributed by atoms with Crippen LogP contribution in [0.2, 0.25) is 0 Å². The molecule has 0 aromatic carbocycles. The zero-order chi connectivity index (χ0) is 22.4. The van der Waals surface area contributed by atoms with Gasteiger partial charge in [-0.25, -0.2) is 0 Å². The Morgan fingerprint density at radius 2 is 0.903 bits per heavy atom. The van der Waals surface area contributed by atoms with E-state index in [4.69, 9.17) is 0 Å². The lowest BCUT2D eigenvalue weighted by Gasteiger charge is -2.09. The van der Waals surface area contributed by atoms with E-state index in [1.807, 2.05) is 0 Å². The van der Waals surface area contributed by atoms with E-state index < -0.39 is 0 Å². The minimum absolute atomic E-state index is 0.534. The summed E-state index contributed by atoms with van der Waals surface area (Å²) in [5.74, 6) is 1.07. The minimum atomic E-state index is 0.534. The highest BCUT2D eigenvalue weighted by Crippen LogP contribution is 2.41. The third-order valence-corrected chi connectivity index (χ3v) is 6.99. The summed E-state index contributed by atoms with van der Waals surface area (Å²) in [6, 6.07) is 18.9. The highest BCUT2D eigenvalue weighted by molar-refractivity contribution is 5.82. The van der Waals surface area contributed by atoms with E-state index in [0.717, 1.165) is 6.42 Å². The van der Waals surface area contributed by atoms with Crippen molar-refractivity contribution in [3.8, 4) is 22.3 Å². The lowest BCUT2D eigenvalue weighted by atomic mass is 9.95. The maximum Gasteiger partial charge on any atom is -0.00130 e. The van der Waals surface area contributed by atoms with Gasteiger partial charge in [-0.1, -0.05) is 76.2 Å². The standard InChI is InChI=1S/C31H36/c1-18(2)24-11-9-20(5)30-26(13-22(7)28(30)16-24)15-27-14-23(8)29-17-25(19(3)4)12-10-21(6)31(27)29/h9-14,16-19H,15H2,1-8H3. The summed E-state index contributed by atoms with van der Waals surface area (Å²) in [6.07, 6.45) is 0.985. The Labute approximate surface area is 189 Å². The molecule has 0 heterocycles. The molecule has 0 N–H and O–H groups in total. The first kappa shape index (κ1) is 21.6. The molecule has 0 amide bonds. The molecule has 0 aliphatic heterocycles. The van der Waals surface area contributed by atoms with Gasteiger partial charge < -0.3 is 0 Å². The molecule has 4 aliphatic carbocycles. The third kappa shape index (κ3) is 3.89. The Bertz CT molecular complexity index is 1090. The van der Waals surface area contributed by atoms with Gasteiger partial charge in [-0.2, -0.15) is 0 Å². The second-order valence-electron chi connectivity index (χ2n) is 10.1. The van der Waals surface area contributed by atoms with E-state index in [0.29, 0.717) is 11.8 Å². The summed E-state index contributed by atoms with van der Waals surface area (Å²) in [4.78, 5) is 0. The van der Waals surface area contributed by atoms with Gasteiger partial charge in [0.2, 0.25) is 0 Å². The molecule has 31 heavy (non-hydrogen) atoms. The van der Waals surface area contributed by atoms with Gasteiger partial charge in [0.15, 0.2) is 0 Å². The predicted octanol–water partition coefficient (Wildman–Crippen LogP) is 8.97. The zero-order valence-corrected chi connectivity index (χ0v) is 20.5. The van der Waals surface area contributed by atoms with Gasteiger partial charge in [0.25, 0.3) is 0 Å². The number of hydrogen-bond acceptors (Lipinski definition) is 0. The average molecular weight is 409 g/mol. The molecule has 0 heteroatoms. The molecule has 4 rings (SSSR count). The topological polar surface area (TPSA) is 0 Å². The zero-order valence-electron chi connectivity index (χ0n) is 20.5. The summed E-state index contributed by atoms with van der Waals surface area (Å²) < 4.78 is 0. The molecule has 0 radical (unpaired) electrons. The SMILES string of the molecule is Cc1cc(Cc2cc(C)c3cc(C(C)C)ccc(C)c2-3)c2c(C)ccc(C(C)C)cc1-2. The fourth-order valence-corrected chi connectivity index (χ4v) is 5.11. The van der Waals surface area contributed by atoms with Gasteiger partial charge in [0, 0.05) is 0 Å². The van der Waals surface area contributed by atoms with Crippen molar-refractivity contribution >= 4 is 0 Å². The Morgan fingerprint density at radius 3 is 1.26 bits per heavy atom. The van der Waals surface area contributed by atoms with Crippen molar-refractivity contribution in [2.45, 2.75) is 73.6 Å². The average Bonchev–Trinajstić information content (AvgIpc) is 2.99. The second kappa shape index (κ2) is 8.15. The van der Waals surface area contributed by atoms with Crippen LogP contribution in [0, 0.1) is 27.7 Å². The molecule has 0 fully saturated rings. The predicted molar refractivity (Wildman–Crippen MR) is 136 cm³/mol. The first-order valence-electron chi connectivity index (χ1n) is 11.7.